The molecular formula is C14H19N5O3. The van der Waals surface area contributed by atoms with Crippen LogP contribution in [-0.2, 0) is 9.59 Å². The lowest BCUT2D eigenvalue weighted by molar-refractivity contribution is -0.122. The Bertz CT molecular complexity index is 575. The van der Waals surface area contributed by atoms with Crippen LogP contribution in [0.3, 0.4) is 0 Å². The van der Waals surface area contributed by atoms with Crippen molar-refractivity contribution in [2.24, 2.45) is 0 Å². The molecule has 0 unspecified atom stereocenters. The van der Waals surface area contributed by atoms with Crippen LogP contribution >= 0.6 is 0 Å². The Morgan fingerprint density at radius 2 is 2.18 bits per heavy atom. The van der Waals surface area contributed by atoms with Crippen molar-refractivity contribution in [3.05, 3.63) is 23.9 Å². The second-order valence-electron chi connectivity index (χ2n) is 5.00. The van der Waals surface area contributed by atoms with Crippen LogP contribution in [0.15, 0.2) is 18.3 Å². The van der Waals surface area contributed by atoms with Crippen molar-refractivity contribution in [2.45, 2.75) is 25.8 Å². The average Bonchev–Trinajstić information content (AvgIpc) is 2.81. The summed E-state index contributed by atoms with van der Waals surface area (Å²) in [4.78, 5) is 38.1. The maximum Gasteiger partial charge on any atom is 0.322 e. The number of carbonyl (C=O) groups is 3. The van der Waals surface area contributed by atoms with E-state index in [1.165, 1.54) is 0 Å². The van der Waals surface area contributed by atoms with Gasteiger partial charge in [-0.25, -0.2) is 9.78 Å². The molecule has 2 heterocycles. The van der Waals surface area contributed by atoms with Crippen molar-refractivity contribution >= 4 is 23.7 Å². The van der Waals surface area contributed by atoms with Crippen molar-refractivity contribution in [2.75, 3.05) is 18.4 Å². The number of hydrogen-bond donors (Lipinski definition) is 4. The largest absolute Gasteiger partial charge is 0.368 e. The SMILES string of the molecule is Cc1cccnc1NCCNC(=O)CC[C@@H]1NC(=O)NC1=O. The van der Waals surface area contributed by atoms with Crippen LogP contribution in [0.25, 0.3) is 0 Å². The molecule has 1 atom stereocenters. The fourth-order valence-corrected chi connectivity index (χ4v) is 2.08. The molecule has 1 aliphatic heterocycles. The second-order valence-corrected chi connectivity index (χ2v) is 5.00. The lowest BCUT2D eigenvalue weighted by Gasteiger charge is -2.10. The molecule has 0 radical (unpaired) electrons. The monoisotopic (exact) mass is 305 g/mol. The van der Waals surface area contributed by atoms with E-state index in [9.17, 15) is 14.4 Å². The maximum absolute atomic E-state index is 11.7. The van der Waals surface area contributed by atoms with Gasteiger partial charge in [0.2, 0.25) is 5.91 Å². The van der Waals surface area contributed by atoms with E-state index >= 15 is 0 Å². The number of anilines is 1. The van der Waals surface area contributed by atoms with Crippen molar-refractivity contribution < 1.29 is 14.4 Å². The molecule has 8 heteroatoms. The number of nitrogens with one attached hydrogen (secondary N) is 4. The van der Waals surface area contributed by atoms with Crippen LogP contribution in [0, 0.1) is 6.92 Å². The van der Waals surface area contributed by atoms with E-state index in [2.05, 4.69) is 26.3 Å². The van der Waals surface area contributed by atoms with E-state index in [0.29, 0.717) is 13.1 Å². The summed E-state index contributed by atoms with van der Waals surface area (Å²) in [7, 11) is 0. The zero-order valence-electron chi connectivity index (χ0n) is 12.3. The normalized spacial score (nSPS) is 16.9. The minimum absolute atomic E-state index is 0.159. The van der Waals surface area contributed by atoms with Crippen molar-refractivity contribution in [3.63, 3.8) is 0 Å². The Morgan fingerprint density at radius 3 is 2.86 bits per heavy atom. The van der Waals surface area contributed by atoms with E-state index in [-0.39, 0.29) is 24.7 Å². The molecule has 0 aromatic carbocycles. The fourth-order valence-electron chi connectivity index (χ4n) is 2.08. The molecule has 0 spiro atoms. The molecule has 0 aliphatic carbocycles. The Morgan fingerprint density at radius 1 is 1.36 bits per heavy atom. The van der Waals surface area contributed by atoms with Gasteiger partial charge < -0.3 is 16.0 Å². The number of nitrogens with zero attached hydrogens (tertiary/aromatic N) is 1. The standard InChI is InChI=1S/C14H19N5O3/c1-9-3-2-6-16-12(9)17-8-7-15-11(20)5-4-10-13(21)19-14(22)18-10/h2-3,6,10H,4-5,7-8H2,1H3,(H,15,20)(H,16,17)(H2,18,19,21,22)/t10-/m0/s1. The Labute approximate surface area is 128 Å². The molecule has 1 aromatic rings. The van der Waals surface area contributed by atoms with Gasteiger partial charge in [0.1, 0.15) is 11.9 Å². The fraction of sp³-hybridized carbons (Fsp3) is 0.429. The number of aryl methyl sites for hydroxylation is 1. The zero-order valence-corrected chi connectivity index (χ0v) is 12.3. The Hall–Kier alpha value is -2.64. The highest BCUT2D eigenvalue weighted by Gasteiger charge is 2.29. The molecule has 4 N–H and O–H groups in total. The molecule has 1 aliphatic rings. The molecular weight excluding hydrogens is 286 g/mol. The molecule has 0 saturated carbocycles. The van der Waals surface area contributed by atoms with Gasteiger partial charge in [0.05, 0.1) is 0 Å². The first kappa shape index (κ1) is 15.7. The van der Waals surface area contributed by atoms with E-state index in [1.807, 2.05) is 19.1 Å². The van der Waals surface area contributed by atoms with E-state index in [1.54, 1.807) is 6.20 Å². The number of carbonyl (C=O) groups excluding carboxylic acids is 3. The van der Waals surface area contributed by atoms with Gasteiger partial charge in [-0.05, 0) is 25.0 Å². The first-order valence-corrected chi connectivity index (χ1v) is 7.10. The number of amides is 4. The van der Waals surface area contributed by atoms with Gasteiger partial charge in [0.25, 0.3) is 5.91 Å². The van der Waals surface area contributed by atoms with E-state index in [0.717, 1.165) is 11.4 Å². The maximum atomic E-state index is 11.7. The Kier molecular flexibility index (Phi) is 5.29. The summed E-state index contributed by atoms with van der Waals surface area (Å²) >= 11 is 0. The summed E-state index contributed by atoms with van der Waals surface area (Å²) in [5.41, 5.74) is 1.04. The highest BCUT2D eigenvalue weighted by molar-refractivity contribution is 6.04. The summed E-state index contributed by atoms with van der Waals surface area (Å²) in [5, 5.41) is 10.5. The van der Waals surface area contributed by atoms with Gasteiger partial charge in [-0.15, -0.1) is 0 Å². The van der Waals surface area contributed by atoms with Crippen molar-refractivity contribution in [3.8, 4) is 0 Å². The number of hydrogen-bond acceptors (Lipinski definition) is 5. The minimum atomic E-state index is -0.618. The van der Waals surface area contributed by atoms with Gasteiger partial charge in [-0.2, -0.15) is 0 Å². The highest BCUT2D eigenvalue weighted by Crippen LogP contribution is 2.08. The van der Waals surface area contributed by atoms with Gasteiger partial charge in [-0.3, -0.25) is 14.9 Å². The highest BCUT2D eigenvalue weighted by atomic mass is 16.2. The van der Waals surface area contributed by atoms with Crippen LogP contribution in [0.2, 0.25) is 0 Å². The lowest BCUT2D eigenvalue weighted by Crippen LogP contribution is -2.33. The first-order valence-electron chi connectivity index (χ1n) is 7.10. The molecule has 1 fully saturated rings. The number of aromatic nitrogens is 1. The summed E-state index contributed by atoms with van der Waals surface area (Å²) in [6.45, 7) is 2.97. The smallest absolute Gasteiger partial charge is 0.322 e. The summed E-state index contributed by atoms with van der Waals surface area (Å²) in [6, 6.07) is 2.69. The molecule has 2 rings (SSSR count). The second kappa shape index (κ2) is 7.39. The predicted octanol–water partition coefficient (Wildman–Crippen LogP) is -0.0937. The van der Waals surface area contributed by atoms with Crippen LogP contribution in [0.4, 0.5) is 10.6 Å². The van der Waals surface area contributed by atoms with Gasteiger partial charge in [0, 0.05) is 25.7 Å². The number of pyridine rings is 1. The van der Waals surface area contributed by atoms with Crippen LogP contribution in [0.5, 0.6) is 0 Å². The molecule has 22 heavy (non-hydrogen) atoms. The molecule has 1 saturated heterocycles. The lowest BCUT2D eigenvalue weighted by atomic mass is 10.1. The number of urea groups is 1. The third-order valence-electron chi connectivity index (χ3n) is 3.27. The predicted molar refractivity (Wildman–Crippen MR) is 80.2 cm³/mol. The summed E-state index contributed by atoms with van der Waals surface area (Å²) in [6.07, 6.45) is 2.17. The van der Waals surface area contributed by atoms with Crippen LogP contribution in [0.1, 0.15) is 18.4 Å². The van der Waals surface area contributed by atoms with Crippen molar-refractivity contribution in [1.29, 1.82) is 0 Å². The van der Waals surface area contributed by atoms with Gasteiger partial charge >= 0.3 is 6.03 Å². The number of rotatable bonds is 7. The zero-order chi connectivity index (χ0) is 15.9. The molecule has 0 bridgehead atoms. The first-order chi connectivity index (χ1) is 10.6. The number of imide groups is 1. The van der Waals surface area contributed by atoms with Gasteiger partial charge in [0.15, 0.2) is 0 Å². The third kappa shape index (κ3) is 4.44. The molecule has 4 amide bonds. The third-order valence-corrected chi connectivity index (χ3v) is 3.27. The molecule has 118 valence electrons. The molecule has 1 aromatic heterocycles. The summed E-state index contributed by atoms with van der Waals surface area (Å²) in [5.74, 6) is 0.251. The quantitative estimate of drug-likeness (QED) is 0.415. The van der Waals surface area contributed by atoms with Crippen molar-refractivity contribution in [1.82, 2.24) is 20.9 Å². The van der Waals surface area contributed by atoms with Crippen LogP contribution < -0.4 is 21.3 Å². The van der Waals surface area contributed by atoms with E-state index < -0.39 is 12.1 Å². The van der Waals surface area contributed by atoms with E-state index in [4.69, 9.17) is 0 Å². The Balaban J connectivity index is 1.61. The van der Waals surface area contributed by atoms with Gasteiger partial charge in [-0.1, -0.05) is 6.07 Å². The van der Waals surface area contributed by atoms with Crippen LogP contribution in [-0.4, -0.2) is 42.0 Å². The minimum Gasteiger partial charge on any atom is -0.368 e. The summed E-state index contributed by atoms with van der Waals surface area (Å²) < 4.78 is 0. The topological polar surface area (TPSA) is 112 Å². The molecule has 8 nitrogen and oxygen atoms in total. The average molecular weight is 305 g/mol.